The summed E-state index contributed by atoms with van der Waals surface area (Å²) in [4.78, 5) is 26.8. The van der Waals surface area contributed by atoms with Gasteiger partial charge in [-0.25, -0.2) is 9.59 Å². The fraction of sp³-hybridized carbons (Fsp3) is 0.500. The summed E-state index contributed by atoms with van der Waals surface area (Å²) >= 11 is 0. The summed E-state index contributed by atoms with van der Waals surface area (Å²) in [5.74, 6) is -1.85. The lowest BCUT2D eigenvalue weighted by Crippen LogP contribution is -2.16. The molecule has 3 aromatic rings. The van der Waals surface area contributed by atoms with Gasteiger partial charge in [-0.05, 0) is 61.1 Å². The number of rotatable bonds is 18. The number of ether oxygens (including phenoxy) is 1. The number of carbonyl (C=O) groups excluding carboxylic acids is 1. The summed E-state index contributed by atoms with van der Waals surface area (Å²) in [7, 11) is 0. The van der Waals surface area contributed by atoms with Crippen LogP contribution in [-0.2, 0) is 12.8 Å². The first-order valence-electron chi connectivity index (χ1n) is 14.6. The fourth-order valence-corrected chi connectivity index (χ4v) is 4.82. The average Bonchev–Trinajstić information content (AvgIpc) is 3.41. The molecule has 0 aliphatic heterocycles. The molecule has 2 aromatic carbocycles. The molecule has 0 aliphatic carbocycles. The molecule has 7 heteroatoms. The summed E-state index contributed by atoms with van der Waals surface area (Å²) < 4.78 is 5.50. The first-order chi connectivity index (χ1) is 19.0. The molecule has 210 valence electrons. The molecule has 0 fully saturated rings. The second-order valence-electron chi connectivity index (χ2n) is 10.2. The maximum Gasteiger partial charge on any atom is 0.345 e. The monoisotopic (exact) mass is 533 g/mol. The number of aromatic nitrogens is 3. The molecule has 0 saturated heterocycles. The molecule has 0 bridgehead atoms. The van der Waals surface area contributed by atoms with Crippen LogP contribution in [0.15, 0.2) is 48.7 Å². The fourth-order valence-electron chi connectivity index (χ4n) is 4.82. The normalized spacial score (nSPS) is 11.0. The number of carboxylic acid groups (broad SMARTS) is 1. The number of aryl methyl sites for hydroxylation is 2. The van der Waals surface area contributed by atoms with Crippen molar-refractivity contribution in [1.29, 1.82) is 0 Å². The van der Waals surface area contributed by atoms with Crippen molar-refractivity contribution < 1.29 is 19.4 Å². The second-order valence-corrected chi connectivity index (χ2v) is 10.2. The zero-order valence-corrected chi connectivity index (χ0v) is 23.5. The van der Waals surface area contributed by atoms with E-state index < -0.39 is 11.9 Å². The van der Waals surface area contributed by atoms with E-state index in [1.807, 2.05) is 30.3 Å². The first-order valence-corrected chi connectivity index (χ1v) is 14.6. The van der Waals surface area contributed by atoms with Gasteiger partial charge in [0.1, 0.15) is 6.20 Å². The maximum absolute atomic E-state index is 13.2. The Bertz CT molecular complexity index is 1170. The van der Waals surface area contributed by atoms with Crippen LogP contribution in [0, 0.1) is 0 Å². The number of unbranched alkanes of at least 4 members (excludes halogenated alkanes) is 10. The highest BCUT2D eigenvalue weighted by Gasteiger charge is 2.22. The molecule has 1 N–H and O–H groups in total. The van der Waals surface area contributed by atoms with Gasteiger partial charge in [-0.1, -0.05) is 96.3 Å². The van der Waals surface area contributed by atoms with E-state index in [1.54, 1.807) is 12.1 Å². The standard InChI is InChI=1S/C32H43N3O4/c1-3-5-7-9-11-14-18-25-22-28(31(36)37)29(23-26(25)19-15-12-10-8-6-4-2)32(38)39-30-24-33-35(34-30)27-20-16-13-17-21-27/h13,16-17,20-24H,3-12,14-15,18-19H2,1-2H3,(H,36,37). The Morgan fingerprint density at radius 3 is 1.87 bits per heavy atom. The SMILES string of the molecule is CCCCCCCCc1cc(C(=O)O)c(C(=O)Oc2cnn(-c3ccccc3)n2)cc1CCCCCCCC. The van der Waals surface area contributed by atoms with Crippen LogP contribution < -0.4 is 4.74 Å². The first kappa shape index (κ1) is 30.1. The van der Waals surface area contributed by atoms with E-state index in [0.717, 1.165) is 55.3 Å². The third-order valence-corrected chi connectivity index (χ3v) is 7.04. The van der Waals surface area contributed by atoms with Crippen LogP contribution >= 0.6 is 0 Å². The lowest BCUT2D eigenvalue weighted by atomic mass is 9.91. The highest BCUT2D eigenvalue weighted by atomic mass is 16.5. The number of hydrogen-bond acceptors (Lipinski definition) is 5. The van der Waals surface area contributed by atoms with Crippen molar-refractivity contribution in [2.45, 2.75) is 104 Å². The Morgan fingerprint density at radius 1 is 0.769 bits per heavy atom. The van der Waals surface area contributed by atoms with E-state index >= 15 is 0 Å². The van der Waals surface area contributed by atoms with Crippen molar-refractivity contribution in [3.63, 3.8) is 0 Å². The Morgan fingerprint density at radius 2 is 1.31 bits per heavy atom. The lowest BCUT2D eigenvalue weighted by Gasteiger charge is -2.14. The quantitative estimate of drug-likeness (QED) is 0.131. The van der Waals surface area contributed by atoms with Crippen LogP contribution in [0.5, 0.6) is 5.88 Å². The molecule has 0 aliphatic rings. The van der Waals surface area contributed by atoms with Gasteiger partial charge in [0.2, 0.25) is 0 Å². The summed E-state index contributed by atoms with van der Waals surface area (Å²) in [6, 6.07) is 12.7. The van der Waals surface area contributed by atoms with E-state index in [1.165, 1.54) is 62.4 Å². The molecular weight excluding hydrogens is 490 g/mol. The van der Waals surface area contributed by atoms with Crippen molar-refractivity contribution >= 4 is 11.9 Å². The summed E-state index contributed by atoms with van der Waals surface area (Å²) in [5, 5.41) is 18.4. The lowest BCUT2D eigenvalue weighted by molar-refractivity contribution is 0.0665. The number of para-hydroxylation sites is 1. The molecule has 7 nitrogen and oxygen atoms in total. The summed E-state index contributed by atoms with van der Waals surface area (Å²) in [5.41, 5.74) is 2.84. The van der Waals surface area contributed by atoms with Crippen LogP contribution in [0.1, 0.15) is 123 Å². The largest absolute Gasteiger partial charge is 0.478 e. The van der Waals surface area contributed by atoms with Crippen LogP contribution in [0.3, 0.4) is 0 Å². The van der Waals surface area contributed by atoms with Crippen LogP contribution in [0.2, 0.25) is 0 Å². The average molecular weight is 534 g/mol. The van der Waals surface area contributed by atoms with Gasteiger partial charge in [0.25, 0.3) is 5.88 Å². The highest BCUT2D eigenvalue weighted by molar-refractivity contribution is 6.03. The number of carboxylic acids is 1. The molecule has 0 radical (unpaired) electrons. The van der Waals surface area contributed by atoms with Crippen LogP contribution in [0.25, 0.3) is 5.69 Å². The third-order valence-electron chi connectivity index (χ3n) is 7.04. The number of nitrogens with zero attached hydrogens (tertiary/aromatic N) is 3. The molecule has 0 unspecified atom stereocenters. The number of hydrogen-bond donors (Lipinski definition) is 1. The van der Waals surface area contributed by atoms with Crippen molar-refractivity contribution in [3.05, 3.63) is 70.9 Å². The Balaban J connectivity index is 1.77. The van der Waals surface area contributed by atoms with Crippen molar-refractivity contribution in [2.75, 3.05) is 0 Å². The maximum atomic E-state index is 13.2. The van der Waals surface area contributed by atoms with Crippen LogP contribution in [-0.4, -0.2) is 32.0 Å². The van der Waals surface area contributed by atoms with Gasteiger partial charge >= 0.3 is 11.9 Å². The molecule has 0 atom stereocenters. The number of aromatic carboxylic acids is 1. The Labute approximate surface area is 232 Å². The molecule has 0 spiro atoms. The molecule has 1 aromatic heterocycles. The van der Waals surface area contributed by atoms with Gasteiger partial charge in [-0.2, -0.15) is 5.10 Å². The zero-order valence-electron chi connectivity index (χ0n) is 23.5. The van der Waals surface area contributed by atoms with Gasteiger partial charge in [0, 0.05) is 0 Å². The number of esters is 1. The Kier molecular flexibility index (Phi) is 12.7. The smallest absolute Gasteiger partial charge is 0.345 e. The van der Waals surface area contributed by atoms with Gasteiger partial charge in [-0.15, -0.1) is 9.90 Å². The van der Waals surface area contributed by atoms with E-state index in [9.17, 15) is 14.7 Å². The van der Waals surface area contributed by atoms with Crippen molar-refractivity contribution in [2.24, 2.45) is 0 Å². The minimum absolute atomic E-state index is 0.0221. The second kappa shape index (κ2) is 16.5. The molecule has 1 heterocycles. The van der Waals surface area contributed by atoms with Crippen molar-refractivity contribution in [1.82, 2.24) is 15.0 Å². The minimum atomic E-state index is -1.13. The minimum Gasteiger partial charge on any atom is -0.478 e. The topological polar surface area (TPSA) is 94.3 Å². The van der Waals surface area contributed by atoms with E-state index in [0.29, 0.717) is 0 Å². The number of carbonyl (C=O) groups is 2. The van der Waals surface area contributed by atoms with E-state index in [4.69, 9.17) is 4.74 Å². The summed E-state index contributed by atoms with van der Waals surface area (Å²) in [6.45, 7) is 4.42. The van der Waals surface area contributed by atoms with E-state index in [2.05, 4.69) is 24.0 Å². The molecule has 39 heavy (non-hydrogen) atoms. The van der Waals surface area contributed by atoms with Gasteiger partial charge in [-0.3, -0.25) is 0 Å². The Hall–Kier alpha value is -3.48. The van der Waals surface area contributed by atoms with Crippen molar-refractivity contribution in [3.8, 4) is 11.6 Å². The molecular formula is C32H43N3O4. The molecule has 3 rings (SSSR count). The molecule has 0 saturated carbocycles. The predicted molar refractivity (Wildman–Crippen MR) is 154 cm³/mol. The highest BCUT2D eigenvalue weighted by Crippen LogP contribution is 2.24. The van der Waals surface area contributed by atoms with Gasteiger partial charge in [0.05, 0.1) is 16.8 Å². The zero-order chi connectivity index (χ0) is 27.9. The third kappa shape index (κ3) is 9.65. The van der Waals surface area contributed by atoms with Gasteiger partial charge < -0.3 is 9.84 Å². The summed E-state index contributed by atoms with van der Waals surface area (Å²) in [6.07, 6.45) is 17.1. The van der Waals surface area contributed by atoms with Gasteiger partial charge in [0.15, 0.2) is 0 Å². The van der Waals surface area contributed by atoms with E-state index in [-0.39, 0.29) is 17.0 Å². The van der Waals surface area contributed by atoms with Crippen LogP contribution in [0.4, 0.5) is 0 Å². The predicted octanol–water partition coefficient (Wildman–Crippen LogP) is 7.99. The molecule has 0 amide bonds. The number of benzene rings is 2.